The smallest absolute Gasteiger partial charge is 0.264 e. The molecule has 0 unspecified atom stereocenters. The second-order valence-electron chi connectivity index (χ2n) is 14.2. The van der Waals surface area contributed by atoms with E-state index in [4.69, 9.17) is 23.2 Å². The molecule has 1 aromatic carbocycles. The third kappa shape index (κ3) is 4.93. The molecule has 0 saturated heterocycles. The Morgan fingerprint density at radius 2 is 1.80 bits per heavy atom. The van der Waals surface area contributed by atoms with Crippen molar-refractivity contribution in [2.24, 2.45) is 56.6 Å². The van der Waals surface area contributed by atoms with Crippen molar-refractivity contribution in [2.75, 3.05) is 0 Å². The van der Waals surface area contributed by atoms with E-state index in [9.17, 15) is 20.1 Å². The maximum Gasteiger partial charge on any atom is 0.264 e. The van der Waals surface area contributed by atoms with Crippen LogP contribution in [0.25, 0.3) is 10.9 Å². The zero-order valence-corrected chi connectivity index (χ0v) is 25.8. The zero-order chi connectivity index (χ0) is 29.3. The van der Waals surface area contributed by atoms with Gasteiger partial charge in [-0.1, -0.05) is 44.0 Å². The number of nitrogens with one attached hydrogen (secondary N) is 1. The number of nitrogens with zero attached hydrogens (tertiary/aromatic N) is 2. The highest BCUT2D eigenvalue weighted by molar-refractivity contribution is 6.38. The van der Waals surface area contributed by atoms with E-state index in [0.29, 0.717) is 62.9 Å². The minimum absolute atomic E-state index is 0.156. The average molecular weight is 605 g/mol. The van der Waals surface area contributed by atoms with Crippen LogP contribution in [0.3, 0.4) is 0 Å². The van der Waals surface area contributed by atoms with Crippen molar-refractivity contribution >= 4 is 45.7 Å². The topological polar surface area (TPSA) is 118 Å². The fourth-order valence-electron chi connectivity index (χ4n) is 10.2. The van der Waals surface area contributed by atoms with E-state index in [1.165, 1.54) is 6.42 Å². The molecule has 1 amide bonds. The summed E-state index contributed by atoms with van der Waals surface area (Å²) in [7, 11) is 0. The Labute approximate surface area is 252 Å². The number of amides is 1. The molecule has 6 rings (SSSR count). The lowest BCUT2D eigenvalue weighted by Crippen LogP contribution is -2.58. The molecule has 224 valence electrons. The summed E-state index contributed by atoms with van der Waals surface area (Å²) >= 11 is 12.3. The molecule has 1 aromatic heterocycles. The molecule has 0 aliphatic heterocycles. The third-order valence-electron chi connectivity index (χ3n) is 12.3. The summed E-state index contributed by atoms with van der Waals surface area (Å²) in [6, 6.07) is 3.20. The first-order chi connectivity index (χ1) is 19.4. The molecule has 0 radical (unpaired) electrons. The first-order valence-corrected chi connectivity index (χ1v) is 16.2. The van der Waals surface area contributed by atoms with Gasteiger partial charge in [0.15, 0.2) is 5.69 Å². The monoisotopic (exact) mass is 603 g/mol. The zero-order valence-electron chi connectivity index (χ0n) is 24.2. The standard InChI is InChI=1S/C32H43Cl2N3O4/c1-16(4-7-26(40)36-37-29-20-14-18(33)15-24(34)28(20)35-30(29)41)21-5-6-22-27-23(9-11-32(21,22)3)31(2)10-8-19(38)12-17(31)13-25(27)39/h14-17,19,21-23,25,27,35,38-39,41H,4-13H2,1-3H3/t16-,17+,19-,21-,22+,23+,25+,27+,31-,32-/m0/s1. The normalized spacial score (nSPS) is 39.4. The Morgan fingerprint density at radius 1 is 1.07 bits per heavy atom. The van der Waals surface area contributed by atoms with Gasteiger partial charge in [-0.2, -0.15) is 0 Å². The maximum atomic E-state index is 12.8. The van der Waals surface area contributed by atoms with Crippen LogP contribution in [0.4, 0.5) is 5.69 Å². The Morgan fingerprint density at radius 3 is 2.59 bits per heavy atom. The van der Waals surface area contributed by atoms with Crippen LogP contribution in [0.5, 0.6) is 5.88 Å². The molecule has 4 aliphatic rings. The predicted octanol–water partition coefficient (Wildman–Crippen LogP) is 8.20. The number of fused-ring (bicyclic) bond motifs is 6. The van der Waals surface area contributed by atoms with E-state index in [1.54, 1.807) is 12.1 Å². The highest BCUT2D eigenvalue weighted by Crippen LogP contribution is 2.68. The summed E-state index contributed by atoms with van der Waals surface area (Å²) in [5.74, 6) is 2.13. The molecule has 1 heterocycles. The van der Waals surface area contributed by atoms with E-state index in [0.717, 1.165) is 51.4 Å². The lowest BCUT2D eigenvalue weighted by molar-refractivity contribution is -0.174. The highest BCUT2D eigenvalue weighted by Gasteiger charge is 2.62. The van der Waals surface area contributed by atoms with Crippen molar-refractivity contribution in [3.05, 3.63) is 22.2 Å². The molecule has 4 N–H and O–H groups in total. The van der Waals surface area contributed by atoms with Crippen LogP contribution in [0.15, 0.2) is 22.4 Å². The van der Waals surface area contributed by atoms with Gasteiger partial charge in [-0.25, -0.2) is 0 Å². The van der Waals surface area contributed by atoms with Gasteiger partial charge >= 0.3 is 0 Å². The second-order valence-corrected chi connectivity index (χ2v) is 15.0. The molecule has 9 heteroatoms. The third-order valence-corrected chi connectivity index (χ3v) is 12.8. The van der Waals surface area contributed by atoms with E-state index < -0.39 is 0 Å². The summed E-state index contributed by atoms with van der Waals surface area (Å²) in [4.78, 5) is 15.5. The van der Waals surface area contributed by atoms with Crippen LogP contribution in [0, 0.1) is 46.3 Å². The van der Waals surface area contributed by atoms with Gasteiger partial charge in [-0.05, 0) is 116 Å². The first kappa shape index (κ1) is 29.4. The number of aliphatic hydroxyl groups is 2. The predicted molar refractivity (Wildman–Crippen MR) is 161 cm³/mol. The number of rotatable bonds is 5. The minimum atomic E-state index is -0.316. The fourth-order valence-corrected chi connectivity index (χ4v) is 10.7. The number of H-pyrrole nitrogens is 1. The number of aliphatic hydroxyl groups excluding tert-OH is 2. The molecule has 10 atom stereocenters. The summed E-state index contributed by atoms with van der Waals surface area (Å²) < 4.78 is 0. The Hall–Kier alpha value is -1.67. The van der Waals surface area contributed by atoms with Crippen LogP contribution in [0.2, 0.25) is 10.0 Å². The molecule has 4 saturated carbocycles. The van der Waals surface area contributed by atoms with E-state index in [2.05, 4.69) is 36.0 Å². The number of azo groups is 1. The van der Waals surface area contributed by atoms with Crippen LogP contribution in [-0.4, -0.2) is 38.4 Å². The van der Waals surface area contributed by atoms with Crippen molar-refractivity contribution in [1.82, 2.24) is 4.98 Å². The maximum absolute atomic E-state index is 12.8. The SMILES string of the molecule is C[C@@H](CCC(=O)N=Nc1c(O)[nH]c2c(Cl)cc(Cl)cc12)[C@@H]1CC[C@@H]2[C@H]3[C@H](O)C[C@H]4C[C@@H](O)CC[C@]4(C)[C@@H]3CC[C@]21C. The van der Waals surface area contributed by atoms with Crippen molar-refractivity contribution in [3.8, 4) is 5.88 Å². The van der Waals surface area contributed by atoms with Gasteiger partial charge in [0.1, 0.15) is 0 Å². The summed E-state index contributed by atoms with van der Waals surface area (Å²) in [6.45, 7) is 7.16. The minimum Gasteiger partial charge on any atom is -0.493 e. The lowest BCUT2D eigenvalue weighted by atomic mass is 9.43. The van der Waals surface area contributed by atoms with Gasteiger partial charge in [0.05, 0.1) is 22.7 Å². The number of hydrogen-bond donors (Lipinski definition) is 4. The van der Waals surface area contributed by atoms with Gasteiger partial charge in [0.2, 0.25) is 5.88 Å². The van der Waals surface area contributed by atoms with Crippen LogP contribution >= 0.6 is 23.2 Å². The quantitative estimate of drug-likeness (QED) is 0.257. The van der Waals surface area contributed by atoms with E-state index in [1.807, 2.05) is 0 Å². The largest absolute Gasteiger partial charge is 0.493 e. The van der Waals surface area contributed by atoms with Crippen molar-refractivity contribution in [2.45, 2.75) is 97.2 Å². The number of carbonyl (C=O) groups is 1. The number of benzene rings is 1. The number of aromatic hydroxyl groups is 1. The Bertz CT molecular complexity index is 1360. The molecule has 4 fully saturated rings. The molecule has 0 bridgehead atoms. The number of hydrogen-bond acceptors (Lipinski definition) is 5. The Kier molecular flexibility index (Phi) is 7.74. The molecular weight excluding hydrogens is 561 g/mol. The molecule has 0 spiro atoms. The first-order valence-electron chi connectivity index (χ1n) is 15.4. The number of carbonyl (C=O) groups excluding carboxylic acids is 1. The number of aromatic nitrogens is 1. The molecule has 41 heavy (non-hydrogen) atoms. The van der Waals surface area contributed by atoms with Crippen LogP contribution in [0.1, 0.15) is 85.0 Å². The molecule has 7 nitrogen and oxygen atoms in total. The lowest BCUT2D eigenvalue weighted by Gasteiger charge is -2.62. The number of halogens is 2. The summed E-state index contributed by atoms with van der Waals surface area (Å²) in [6.07, 6.45) is 8.76. The second kappa shape index (κ2) is 10.8. The average Bonchev–Trinajstić information content (AvgIpc) is 3.43. The van der Waals surface area contributed by atoms with E-state index >= 15 is 0 Å². The highest BCUT2D eigenvalue weighted by atomic mass is 35.5. The van der Waals surface area contributed by atoms with E-state index in [-0.39, 0.29) is 40.5 Å². The molecular formula is C32H43Cl2N3O4. The number of aromatic amines is 1. The van der Waals surface area contributed by atoms with Crippen molar-refractivity contribution in [1.29, 1.82) is 0 Å². The van der Waals surface area contributed by atoms with Crippen molar-refractivity contribution in [3.63, 3.8) is 0 Å². The van der Waals surface area contributed by atoms with Gasteiger partial charge < -0.3 is 20.3 Å². The van der Waals surface area contributed by atoms with Gasteiger partial charge in [0.25, 0.3) is 5.91 Å². The summed E-state index contributed by atoms with van der Waals surface area (Å²) in [5.41, 5.74) is 1.04. The molecule has 2 aromatic rings. The van der Waals surface area contributed by atoms with Gasteiger partial charge in [-0.15, -0.1) is 10.2 Å². The summed E-state index contributed by atoms with van der Waals surface area (Å²) in [5, 5.41) is 41.4. The Balaban J connectivity index is 1.11. The fraction of sp³-hybridized carbons (Fsp3) is 0.719. The van der Waals surface area contributed by atoms with Crippen LogP contribution < -0.4 is 0 Å². The molecule has 4 aliphatic carbocycles. The van der Waals surface area contributed by atoms with Gasteiger partial charge in [0, 0.05) is 16.8 Å². The van der Waals surface area contributed by atoms with Crippen LogP contribution in [-0.2, 0) is 4.79 Å². The van der Waals surface area contributed by atoms with Gasteiger partial charge in [-0.3, -0.25) is 4.79 Å². The van der Waals surface area contributed by atoms with Crippen molar-refractivity contribution < 1.29 is 20.1 Å².